The molecule has 0 radical (unpaired) electrons. The molecule has 0 aliphatic rings. The van der Waals surface area contributed by atoms with Gasteiger partial charge in [0.2, 0.25) is 11.8 Å². The molecule has 226 valence electrons. The molecule has 1 aromatic heterocycles. The van der Waals surface area contributed by atoms with Crippen molar-refractivity contribution in [1.29, 1.82) is 0 Å². The van der Waals surface area contributed by atoms with Crippen LogP contribution in [0.5, 0.6) is 5.75 Å². The van der Waals surface area contributed by atoms with Crippen LogP contribution in [0, 0.1) is 0 Å². The Kier molecular flexibility index (Phi) is 16.3. The predicted octanol–water partition coefficient (Wildman–Crippen LogP) is 1.60. The fourth-order valence-electron chi connectivity index (χ4n) is 3.29. The van der Waals surface area contributed by atoms with E-state index in [1.807, 2.05) is 54.6 Å². The Morgan fingerprint density at radius 3 is 2.29 bits per heavy atom. The molecule has 0 aliphatic carbocycles. The Bertz CT molecular complexity index is 1220. The van der Waals surface area contributed by atoms with E-state index in [4.69, 9.17) is 15.2 Å². The molecule has 0 spiro atoms. The van der Waals surface area contributed by atoms with E-state index in [1.54, 1.807) is 25.5 Å². The van der Waals surface area contributed by atoms with E-state index in [1.165, 1.54) is 12.5 Å². The number of nitrogens with zero attached hydrogens (tertiary/aromatic N) is 2. The lowest BCUT2D eigenvalue weighted by molar-refractivity contribution is -0.130. The van der Waals surface area contributed by atoms with Crippen molar-refractivity contribution in [3.63, 3.8) is 0 Å². The van der Waals surface area contributed by atoms with Crippen molar-refractivity contribution in [1.82, 2.24) is 20.2 Å². The average molecular weight is 614 g/mol. The Morgan fingerprint density at radius 2 is 1.68 bits per heavy atom. The van der Waals surface area contributed by atoms with Crippen LogP contribution < -0.4 is 26.4 Å². The number of benzene rings is 2. The lowest BCUT2D eigenvalue weighted by Gasteiger charge is -2.23. The van der Waals surface area contributed by atoms with Gasteiger partial charge in [-0.25, -0.2) is 4.98 Å². The van der Waals surface area contributed by atoms with Gasteiger partial charge >= 0.3 is 0 Å². The van der Waals surface area contributed by atoms with Gasteiger partial charge in [0.15, 0.2) is 5.82 Å². The van der Waals surface area contributed by atoms with Gasteiger partial charge in [-0.05, 0) is 37.1 Å². The molecule has 12 nitrogen and oxygen atoms in total. The lowest BCUT2D eigenvalue weighted by atomic mass is 10.1. The van der Waals surface area contributed by atoms with Crippen LogP contribution in [0.4, 0.5) is 5.82 Å². The van der Waals surface area contributed by atoms with Crippen LogP contribution in [-0.2, 0) is 38.8 Å². The van der Waals surface area contributed by atoms with Crippen molar-refractivity contribution in [2.75, 3.05) is 19.0 Å². The molecule has 0 fully saturated rings. The van der Waals surface area contributed by atoms with Crippen LogP contribution in [0.25, 0.3) is 0 Å². The normalized spacial score (nSPS) is 11.0. The number of ether oxygens (including phenoxy) is 2. The first-order valence-electron chi connectivity index (χ1n) is 12.1. The molecule has 0 aliphatic heterocycles. The molecule has 0 unspecified atom stereocenters. The summed E-state index contributed by atoms with van der Waals surface area (Å²) < 4.78 is 12.4. The maximum absolute atomic E-state index is 13.0. The molecule has 3 aromatic rings. The van der Waals surface area contributed by atoms with Crippen LogP contribution in [0.3, 0.4) is 0 Å². The quantitative estimate of drug-likeness (QED) is 0.226. The zero-order valence-corrected chi connectivity index (χ0v) is 24.7. The highest BCUT2D eigenvalue weighted by Gasteiger charge is 2.28. The lowest BCUT2D eigenvalue weighted by Crippen LogP contribution is -2.56. The van der Waals surface area contributed by atoms with E-state index < -0.39 is 23.4 Å². The second-order valence-electron chi connectivity index (χ2n) is 9.29. The van der Waals surface area contributed by atoms with E-state index in [2.05, 4.69) is 20.9 Å². The number of halogens is 2. The highest BCUT2D eigenvalue weighted by atomic mass is 35.5. The Hall–Kier alpha value is -3.68. The molecule has 2 aromatic carbocycles. The first-order chi connectivity index (χ1) is 18.1. The van der Waals surface area contributed by atoms with E-state index in [9.17, 15) is 14.4 Å². The number of carbonyl (C=O) groups excluding carboxylic acids is 3. The van der Waals surface area contributed by atoms with Gasteiger partial charge in [0.25, 0.3) is 5.91 Å². The molecule has 0 bridgehead atoms. The minimum atomic E-state index is -1.18. The molecule has 0 saturated carbocycles. The third kappa shape index (κ3) is 12.6. The van der Waals surface area contributed by atoms with Crippen molar-refractivity contribution >= 4 is 48.4 Å². The van der Waals surface area contributed by atoms with Gasteiger partial charge < -0.3 is 41.2 Å². The summed E-state index contributed by atoms with van der Waals surface area (Å²) in [5.74, 6) is -0.276. The second-order valence-corrected chi connectivity index (χ2v) is 9.29. The third-order valence-corrected chi connectivity index (χ3v) is 5.46. The average Bonchev–Trinajstić information content (AvgIpc) is 3.33. The topological polar surface area (TPSA) is 181 Å². The molecule has 3 amide bonds. The van der Waals surface area contributed by atoms with Gasteiger partial charge in [0.1, 0.15) is 18.3 Å². The minimum Gasteiger partial charge on any atom is -0.497 e. The van der Waals surface area contributed by atoms with E-state index in [0.29, 0.717) is 6.54 Å². The zero-order chi connectivity index (χ0) is 27.5. The van der Waals surface area contributed by atoms with Crippen LogP contribution in [0.2, 0.25) is 0 Å². The van der Waals surface area contributed by atoms with Crippen LogP contribution in [-0.4, -0.2) is 58.0 Å². The molecular formula is C27H38Cl2N6O6. The summed E-state index contributed by atoms with van der Waals surface area (Å²) in [6.45, 7) is 3.67. The van der Waals surface area contributed by atoms with E-state index >= 15 is 0 Å². The van der Waals surface area contributed by atoms with Crippen molar-refractivity contribution < 1.29 is 29.3 Å². The number of hydrogen-bond acceptors (Lipinski definition) is 7. The van der Waals surface area contributed by atoms with E-state index in [0.717, 1.165) is 16.9 Å². The Labute approximate surface area is 251 Å². The number of aromatic nitrogens is 2. The summed E-state index contributed by atoms with van der Waals surface area (Å²) in [5, 5.41) is 8.13. The Morgan fingerprint density at radius 1 is 1.02 bits per heavy atom. The smallest absolute Gasteiger partial charge is 0.250 e. The molecular weight excluding hydrogens is 575 g/mol. The molecule has 7 N–H and O–H groups in total. The van der Waals surface area contributed by atoms with Crippen molar-refractivity contribution in [2.45, 2.75) is 45.1 Å². The summed E-state index contributed by atoms with van der Waals surface area (Å²) >= 11 is 0. The standard InChI is InChI=1S/C27H34N6O5.2ClH.H2O/c1-27(2,28)26(36)31-22(17-38-16-20-7-5-4-6-8-20)25(35)32-23-14-33(18-30-23)15-24(34)29-13-19-9-11-21(37-3)12-10-19;;;/h4-12,14,18,22H,13,15-17,28H2,1-3H3,(H,29,34)(H,31,36)(H,32,35);2*1H;1H2/t22-;;;/m1.../s1. The third-order valence-electron chi connectivity index (χ3n) is 5.46. The maximum atomic E-state index is 13.0. The largest absolute Gasteiger partial charge is 0.497 e. The minimum absolute atomic E-state index is 0. The number of carbonyl (C=O) groups is 3. The SMILES string of the molecule is COc1ccc(CNC(=O)Cn2cnc(NC(=O)[C@@H](COCc3ccccc3)NC(=O)C(C)(C)N)c2)cc1.Cl.Cl.O. The number of imidazole rings is 1. The van der Waals surface area contributed by atoms with Gasteiger partial charge in [-0.2, -0.15) is 0 Å². The van der Waals surface area contributed by atoms with Gasteiger partial charge in [0, 0.05) is 12.7 Å². The number of hydrogen-bond donors (Lipinski definition) is 4. The number of amides is 3. The van der Waals surface area contributed by atoms with E-state index in [-0.39, 0.29) is 61.8 Å². The number of anilines is 1. The predicted molar refractivity (Wildman–Crippen MR) is 160 cm³/mol. The number of rotatable bonds is 13. The molecule has 1 atom stereocenters. The van der Waals surface area contributed by atoms with Crippen LogP contribution in [0.1, 0.15) is 25.0 Å². The molecule has 41 heavy (non-hydrogen) atoms. The van der Waals surface area contributed by atoms with Crippen molar-refractivity contribution in [3.8, 4) is 5.75 Å². The summed E-state index contributed by atoms with van der Waals surface area (Å²) in [6, 6.07) is 15.8. The van der Waals surface area contributed by atoms with Gasteiger partial charge in [-0.3, -0.25) is 14.4 Å². The molecule has 3 rings (SSSR count). The summed E-state index contributed by atoms with van der Waals surface area (Å²) in [5.41, 5.74) is 6.56. The van der Waals surface area contributed by atoms with Crippen LogP contribution >= 0.6 is 24.8 Å². The van der Waals surface area contributed by atoms with Crippen LogP contribution in [0.15, 0.2) is 67.1 Å². The van der Waals surface area contributed by atoms with Crippen molar-refractivity contribution in [3.05, 3.63) is 78.2 Å². The fourth-order valence-corrected chi connectivity index (χ4v) is 3.29. The molecule has 14 heteroatoms. The summed E-state index contributed by atoms with van der Waals surface area (Å²) in [6.07, 6.45) is 2.96. The monoisotopic (exact) mass is 612 g/mol. The highest BCUT2D eigenvalue weighted by molar-refractivity contribution is 5.98. The number of methoxy groups -OCH3 is 1. The first kappa shape index (κ1) is 37.3. The fraction of sp³-hybridized carbons (Fsp3) is 0.333. The Balaban J connectivity index is 0.00000533. The summed E-state index contributed by atoms with van der Waals surface area (Å²) in [7, 11) is 1.59. The molecule has 1 heterocycles. The van der Waals surface area contributed by atoms with Gasteiger partial charge in [-0.15, -0.1) is 24.8 Å². The first-order valence-corrected chi connectivity index (χ1v) is 12.1. The summed E-state index contributed by atoms with van der Waals surface area (Å²) in [4.78, 5) is 41.9. The highest BCUT2D eigenvalue weighted by Crippen LogP contribution is 2.11. The zero-order valence-electron chi connectivity index (χ0n) is 23.1. The maximum Gasteiger partial charge on any atom is 0.250 e. The van der Waals surface area contributed by atoms with Gasteiger partial charge in [-0.1, -0.05) is 42.5 Å². The van der Waals surface area contributed by atoms with Crippen molar-refractivity contribution in [2.24, 2.45) is 5.73 Å². The number of nitrogens with one attached hydrogen (secondary N) is 3. The molecule has 0 saturated heterocycles. The van der Waals surface area contributed by atoms with Gasteiger partial charge in [0.05, 0.1) is 32.2 Å². The second kappa shape index (κ2) is 17.9. The number of nitrogens with two attached hydrogens (primary N) is 1.